The quantitative estimate of drug-likeness (QED) is 0.555. The third-order valence-electron chi connectivity index (χ3n) is 4.91. The minimum absolute atomic E-state index is 0.0383. The first-order valence-corrected chi connectivity index (χ1v) is 9.25. The van der Waals surface area contributed by atoms with Crippen LogP contribution in [0.4, 0.5) is 5.69 Å². The Balaban J connectivity index is 1.79. The SMILES string of the molecule is Cc1ccc(C2=NC(c3ccccc3)N(c3ccc(Cl)cc3)C2C)cc1. The molecule has 130 valence electrons. The minimum Gasteiger partial charge on any atom is -0.337 e. The predicted molar refractivity (Wildman–Crippen MR) is 110 cm³/mol. The molecule has 3 aromatic rings. The van der Waals surface area contributed by atoms with Gasteiger partial charge in [0.1, 0.15) is 6.17 Å². The third-order valence-corrected chi connectivity index (χ3v) is 5.16. The Hall–Kier alpha value is -2.58. The molecule has 0 spiro atoms. The second-order valence-corrected chi connectivity index (χ2v) is 7.16. The first-order valence-electron chi connectivity index (χ1n) is 8.87. The van der Waals surface area contributed by atoms with Crippen molar-refractivity contribution in [3.05, 3.63) is 101 Å². The van der Waals surface area contributed by atoms with Crippen molar-refractivity contribution in [1.29, 1.82) is 0 Å². The van der Waals surface area contributed by atoms with Gasteiger partial charge in [-0.1, -0.05) is 71.8 Å². The van der Waals surface area contributed by atoms with Gasteiger partial charge in [-0.25, -0.2) is 0 Å². The first kappa shape index (κ1) is 16.9. The number of halogens is 1. The molecule has 0 fully saturated rings. The van der Waals surface area contributed by atoms with Crippen LogP contribution in [-0.4, -0.2) is 11.8 Å². The standard InChI is InChI=1S/C23H21ClN2/c1-16-8-10-18(11-9-16)22-17(2)26(21-14-12-20(24)13-15-21)23(25-22)19-6-4-3-5-7-19/h3-15,17,23H,1-2H3. The van der Waals surface area contributed by atoms with E-state index in [2.05, 4.69) is 79.4 Å². The average Bonchev–Trinajstić information content (AvgIpc) is 3.01. The van der Waals surface area contributed by atoms with Crippen LogP contribution in [0.25, 0.3) is 0 Å². The van der Waals surface area contributed by atoms with Gasteiger partial charge in [-0.3, -0.25) is 4.99 Å². The molecule has 4 rings (SSSR count). The molecular weight excluding hydrogens is 340 g/mol. The molecule has 3 heteroatoms. The zero-order valence-electron chi connectivity index (χ0n) is 14.9. The van der Waals surface area contributed by atoms with Gasteiger partial charge in [-0.2, -0.15) is 0 Å². The number of aryl methyl sites for hydroxylation is 1. The van der Waals surface area contributed by atoms with Crippen molar-refractivity contribution in [3.63, 3.8) is 0 Å². The molecule has 0 aromatic heterocycles. The van der Waals surface area contributed by atoms with Crippen LogP contribution in [-0.2, 0) is 0 Å². The molecule has 26 heavy (non-hydrogen) atoms. The van der Waals surface area contributed by atoms with E-state index < -0.39 is 0 Å². The summed E-state index contributed by atoms with van der Waals surface area (Å²) < 4.78 is 0. The summed E-state index contributed by atoms with van der Waals surface area (Å²) in [6.45, 7) is 4.33. The molecule has 0 N–H and O–H groups in total. The first-order chi connectivity index (χ1) is 12.6. The van der Waals surface area contributed by atoms with Crippen LogP contribution in [0, 0.1) is 6.92 Å². The van der Waals surface area contributed by atoms with Crippen LogP contribution in [0.2, 0.25) is 5.02 Å². The van der Waals surface area contributed by atoms with E-state index in [9.17, 15) is 0 Å². The summed E-state index contributed by atoms with van der Waals surface area (Å²) in [7, 11) is 0. The minimum atomic E-state index is -0.0383. The van der Waals surface area contributed by atoms with E-state index in [-0.39, 0.29) is 12.2 Å². The summed E-state index contributed by atoms with van der Waals surface area (Å²) in [6, 6.07) is 27.3. The lowest BCUT2D eigenvalue weighted by Gasteiger charge is -2.30. The lowest BCUT2D eigenvalue weighted by Crippen LogP contribution is -2.35. The molecule has 0 amide bonds. The van der Waals surface area contributed by atoms with Gasteiger partial charge < -0.3 is 4.90 Å². The maximum atomic E-state index is 6.10. The molecule has 2 nitrogen and oxygen atoms in total. The summed E-state index contributed by atoms with van der Waals surface area (Å²) in [6.07, 6.45) is -0.0383. The van der Waals surface area contributed by atoms with Crippen molar-refractivity contribution in [1.82, 2.24) is 0 Å². The fraction of sp³-hybridized carbons (Fsp3) is 0.174. The fourth-order valence-corrected chi connectivity index (χ4v) is 3.65. The number of hydrogen-bond donors (Lipinski definition) is 0. The summed E-state index contributed by atoms with van der Waals surface area (Å²) in [4.78, 5) is 7.49. The van der Waals surface area contributed by atoms with Gasteiger partial charge in [-0.05, 0) is 49.2 Å². The van der Waals surface area contributed by atoms with Crippen LogP contribution in [0.3, 0.4) is 0 Å². The highest BCUT2D eigenvalue weighted by molar-refractivity contribution is 6.30. The Kier molecular flexibility index (Phi) is 4.52. The van der Waals surface area contributed by atoms with Gasteiger partial charge in [0.05, 0.1) is 11.8 Å². The molecule has 2 atom stereocenters. The fourth-order valence-electron chi connectivity index (χ4n) is 3.52. The molecular formula is C23H21ClN2. The van der Waals surface area contributed by atoms with Gasteiger partial charge >= 0.3 is 0 Å². The second-order valence-electron chi connectivity index (χ2n) is 6.72. The smallest absolute Gasteiger partial charge is 0.148 e. The van der Waals surface area contributed by atoms with Gasteiger partial charge in [0.15, 0.2) is 0 Å². The lowest BCUT2D eigenvalue weighted by molar-refractivity contribution is 0.675. The Morgan fingerprint density at radius 2 is 1.50 bits per heavy atom. The maximum Gasteiger partial charge on any atom is 0.148 e. The highest BCUT2D eigenvalue weighted by Crippen LogP contribution is 2.37. The highest BCUT2D eigenvalue weighted by Gasteiger charge is 2.35. The normalized spacial score (nSPS) is 19.5. The number of nitrogens with zero attached hydrogens (tertiary/aromatic N) is 2. The Bertz CT molecular complexity index is 915. The molecule has 1 aliphatic rings. The Morgan fingerprint density at radius 3 is 2.15 bits per heavy atom. The lowest BCUT2D eigenvalue weighted by atomic mass is 10.0. The second kappa shape index (κ2) is 6.97. The Labute approximate surface area is 159 Å². The monoisotopic (exact) mass is 360 g/mol. The van der Waals surface area contributed by atoms with E-state index in [0.29, 0.717) is 0 Å². The molecule has 2 unspecified atom stereocenters. The van der Waals surface area contributed by atoms with Gasteiger partial charge in [-0.15, -0.1) is 0 Å². The number of benzene rings is 3. The summed E-state index contributed by atoms with van der Waals surface area (Å²) in [5.41, 5.74) is 5.88. The van der Waals surface area contributed by atoms with Crippen molar-refractivity contribution in [2.45, 2.75) is 26.1 Å². The van der Waals surface area contributed by atoms with Crippen LogP contribution in [0.5, 0.6) is 0 Å². The van der Waals surface area contributed by atoms with E-state index in [4.69, 9.17) is 16.6 Å². The van der Waals surface area contributed by atoms with Crippen LogP contribution >= 0.6 is 11.6 Å². The molecule has 0 aliphatic carbocycles. The van der Waals surface area contributed by atoms with Crippen LogP contribution in [0.1, 0.15) is 29.8 Å². The average molecular weight is 361 g/mol. The van der Waals surface area contributed by atoms with Crippen molar-refractivity contribution >= 4 is 23.0 Å². The summed E-state index contributed by atoms with van der Waals surface area (Å²) >= 11 is 6.10. The third kappa shape index (κ3) is 3.13. The zero-order valence-corrected chi connectivity index (χ0v) is 15.7. The maximum absolute atomic E-state index is 6.10. The number of aliphatic imine (C=N–C) groups is 1. The molecule has 0 saturated carbocycles. The van der Waals surface area contributed by atoms with Gasteiger partial charge in [0.2, 0.25) is 0 Å². The van der Waals surface area contributed by atoms with Crippen LogP contribution < -0.4 is 4.90 Å². The zero-order chi connectivity index (χ0) is 18.1. The molecule has 0 radical (unpaired) electrons. The largest absolute Gasteiger partial charge is 0.337 e. The van der Waals surface area contributed by atoms with Gasteiger partial charge in [0.25, 0.3) is 0 Å². The molecule has 1 aliphatic heterocycles. The predicted octanol–water partition coefficient (Wildman–Crippen LogP) is 6.05. The van der Waals surface area contributed by atoms with Gasteiger partial charge in [0, 0.05) is 10.7 Å². The van der Waals surface area contributed by atoms with E-state index in [1.165, 1.54) is 16.7 Å². The van der Waals surface area contributed by atoms with E-state index in [0.717, 1.165) is 16.4 Å². The summed E-state index contributed by atoms with van der Waals surface area (Å²) in [5, 5.41) is 0.747. The topological polar surface area (TPSA) is 15.6 Å². The van der Waals surface area contributed by atoms with Crippen molar-refractivity contribution in [3.8, 4) is 0 Å². The van der Waals surface area contributed by atoms with E-state index >= 15 is 0 Å². The molecule has 0 bridgehead atoms. The summed E-state index contributed by atoms with van der Waals surface area (Å²) in [5.74, 6) is 0. The number of rotatable bonds is 3. The van der Waals surface area contributed by atoms with Crippen molar-refractivity contribution in [2.24, 2.45) is 4.99 Å². The number of hydrogen-bond acceptors (Lipinski definition) is 2. The van der Waals surface area contributed by atoms with E-state index in [1.54, 1.807) is 0 Å². The molecule has 0 saturated heterocycles. The highest BCUT2D eigenvalue weighted by atomic mass is 35.5. The number of anilines is 1. The van der Waals surface area contributed by atoms with Crippen molar-refractivity contribution in [2.75, 3.05) is 4.90 Å². The van der Waals surface area contributed by atoms with E-state index in [1.807, 2.05) is 18.2 Å². The van der Waals surface area contributed by atoms with Crippen molar-refractivity contribution < 1.29 is 0 Å². The Morgan fingerprint density at radius 1 is 0.846 bits per heavy atom. The molecule has 3 aromatic carbocycles. The van der Waals surface area contributed by atoms with Crippen LogP contribution in [0.15, 0.2) is 83.9 Å². The molecule has 1 heterocycles.